The van der Waals surface area contributed by atoms with Gasteiger partial charge in [0.15, 0.2) is 0 Å². The second kappa shape index (κ2) is 5.28. The molecule has 0 spiro atoms. The van der Waals surface area contributed by atoms with Gasteiger partial charge in [0, 0.05) is 13.0 Å². The van der Waals surface area contributed by atoms with Gasteiger partial charge in [-0.2, -0.15) is 0 Å². The summed E-state index contributed by atoms with van der Waals surface area (Å²) in [6, 6.07) is 9.89. The van der Waals surface area contributed by atoms with Gasteiger partial charge in [-0.15, -0.1) is 0 Å². The van der Waals surface area contributed by atoms with Crippen molar-refractivity contribution in [2.75, 3.05) is 6.54 Å². The summed E-state index contributed by atoms with van der Waals surface area (Å²) in [5.74, 6) is -0.129. The number of carbonyl (C=O) groups excluding carboxylic acids is 1. The topological polar surface area (TPSA) is 51.5 Å². The van der Waals surface area contributed by atoms with Crippen molar-refractivity contribution in [1.29, 1.82) is 0 Å². The van der Waals surface area contributed by atoms with Gasteiger partial charge in [0.05, 0.1) is 24.5 Å². The lowest BCUT2D eigenvalue weighted by Crippen LogP contribution is -2.36. The highest BCUT2D eigenvalue weighted by atomic mass is 16.5. The standard InChI is InChI=1S/C15H15NO3/c17-15(13-5-6-18-9-13)16-8-14-7-11-3-1-2-4-12(11)10-19-14/h1-6,9,14H,7-8,10H2,(H,16,17)/t14-/m0/s1. The Kier molecular flexibility index (Phi) is 3.33. The first-order valence-electron chi connectivity index (χ1n) is 6.32. The van der Waals surface area contributed by atoms with Gasteiger partial charge in [-0.05, 0) is 17.2 Å². The van der Waals surface area contributed by atoms with Crippen LogP contribution in [0, 0.1) is 0 Å². The predicted octanol–water partition coefficient (Wildman–Crippen LogP) is 2.15. The lowest BCUT2D eigenvalue weighted by molar-refractivity contribution is 0.0285. The highest BCUT2D eigenvalue weighted by Crippen LogP contribution is 2.19. The van der Waals surface area contributed by atoms with E-state index in [0.29, 0.717) is 18.7 Å². The zero-order chi connectivity index (χ0) is 13.1. The number of nitrogens with one attached hydrogen (secondary N) is 1. The summed E-state index contributed by atoms with van der Waals surface area (Å²) in [6.45, 7) is 1.13. The minimum absolute atomic E-state index is 0.0331. The molecule has 0 bridgehead atoms. The highest BCUT2D eigenvalue weighted by Gasteiger charge is 2.19. The van der Waals surface area contributed by atoms with Gasteiger partial charge in [0.2, 0.25) is 0 Å². The van der Waals surface area contributed by atoms with Gasteiger partial charge < -0.3 is 14.5 Å². The molecule has 19 heavy (non-hydrogen) atoms. The Morgan fingerprint density at radius 2 is 2.11 bits per heavy atom. The van der Waals surface area contributed by atoms with Crippen LogP contribution in [-0.2, 0) is 17.8 Å². The number of carbonyl (C=O) groups is 1. The van der Waals surface area contributed by atoms with E-state index in [0.717, 1.165) is 6.42 Å². The third kappa shape index (κ3) is 2.69. The van der Waals surface area contributed by atoms with Gasteiger partial charge in [-0.1, -0.05) is 24.3 Å². The molecule has 1 aromatic heterocycles. The first-order chi connectivity index (χ1) is 9.33. The Morgan fingerprint density at radius 1 is 1.26 bits per heavy atom. The van der Waals surface area contributed by atoms with Crippen molar-refractivity contribution in [1.82, 2.24) is 5.32 Å². The Hall–Kier alpha value is -2.07. The van der Waals surface area contributed by atoms with Crippen molar-refractivity contribution in [3.8, 4) is 0 Å². The Labute approximate surface area is 111 Å². The highest BCUT2D eigenvalue weighted by molar-refractivity contribution is 5.93. The molecule has 0 unspecified atom stereocenters. The number of furan rings is 1. The average Bonchev–Trinajstić information content (AvgIpc) is 2.99. The fourth-order valence-electron chi connectivity index (χ4n) is 2.24. The van der Waals surface area contributed by atoms with Crippen molar-refractivity contribution in [3.63, 3.8) is 0 Å². The van der Waals surface area contributed by atoms with E-state index in [1.54, 1.807) is 6.07 Å². The third-order valence-electron chi connectivity index (χ3n) is 3.31. The molecular formula is C15H15NO3. The molecule has 4 heteroatoms. The lowest BCUT2D eigenvalue weighted by atomic mass is 9.99. The van der Waals surface area contributed by atoms with E-state index in [4.69, 9.17) is 9.15 Å². The molecule has 2 heterocycles. The van der Waals surface area contributed by atoms with Crippen LogP contribution in [-0.4, -0.2) is 18.6 Å². The van der Waals surface area contributed by atoms with E-state index >= 15 is 0 Å². The molecule has 0 radical (unpaired) electrons. The first-order valence-corrected chi connectivity index (χ1v) is 6.32. The first kappa shape index (κ1) is 12.0. The zero-order valence-electron chi connectivity index (χ0n) is 10.5. The molecule has 0 aliphatic carbocycles. The summed E-state index contributed by atoms with van der Waals surface area (Å²) in [5, 5.41) is 2.86. The monoisotopic (exact) mass is 257 g/mol. The number of amides is 1. The van der Waals surface area contributed by atoms with E-state index < -0.39 is 0 Å². The summed E-state index contributed by atoms with van der Waals surface area (Å²) >= 11 is 0. The summed E-state index contributed by atoms with van der Waals surface area (Å²) in [5.41, 5.74) is 3.08. The van der Waals surface area contributed by atoms with Crippen molar-refractivity contribution in [3.05, 3.63) is 59.5 Å². The van der Waals surface area contributed by atoms with Gasteiger partial charge in [-0.25, -0.2) is 0 Å². The van der Waals surface area contributed by atoms with Crippen LogP contribution >= 0.6 is 0 Å². The van der Waals surface area contributed by atoms with Crippen molar-refractivity contribution < 1.29 is 13.9 Å². The zero-order valence-corrected chi connectivity index (χ0v) is 10.5. The maximum absolute atomic E-state index is 11.8. The normalized spacial score (nSPS) is 17.8. The molecule has 0 saturated heterocycles. The smallest absolute Gasteiger partial charge is 0.254 e. The molecule has 1 aliphatic rings. The van der Waals surface area contributed by atoms with E-state index in [9.17, 15) is 4.79 Å². The molecule has 1 aliphatic heterocycles. The fourth-order valence-corrected chi connectivity index (χ4v) is 2.24. The molecule has 4 nitrogen and oxygen atoms in total. The minimum Gasteiger partial charge on any atom is -0.472 e. The number of rotatable bonds is 3. The van der Waals surface area contributed by atoms with Gasteiger partial charge in [0.1, 0.15) is 6.26 Å². The van der Waals surface area contributed by atoms with Gasteiger partial charge >= 0.3 is 0 Å². The van der Waals surface area contributed by atoms with Crippen LogP contribution in [0.2, 0.25) is 0 Å². The second-order valence-corrected chi connectivity index (χ2v) is 4.63. The Morgan fingerprint density at radius 3 is 2.89 bits per heavy atom. The van der Waals surface area contributed by atoms with Crippen LogP contribution in [0.3, 0.4) is 0 Å². The molecule has 0 saturated carbocycles. The van der Waals surface area contributed by atoms with Gasteiger partial charge in [0.25, 0.3) is 5.91 Å². The molecule has 1 N–H and O–H groups in total. The second-order valence-electron chi connectivity index (χ2n) is 4.63. The fraction of sp³-hybridized carbons (Fsp3) is 0.267. The molecular weight excluding hydrogens is 242 g/mol. The van der Waals surface area contributed by atoms with Crippen LogP contribution in [0.1, 0.15) is 21.5 Å². The van der Waals surface area contributed by atoms with Gasteiger partial charge in [-0.3, -0.25) is 4.79 Å². The average molecular weight is 257 g/mol. The Balaban J connectivity index is 1.57. The quantitative estimate of drug-likeness (QED) is 0.916. The largest absolute Gasteiger partial charge is 0.472 e. The summed E-state index contributed by atoms with van der Waals surface area (Å²) in [6.07, 6.45) is 3.79. The SMILES string of the molecule is O=C(NC[C@@H]1Cc2ccccc2CO1)c1ccoc1. The van der Waals surface area contributed by atoms with Crippen molar-refractivity contribution in [2.45, 2.75) is 19.1 Å². The number of hydrogen-bond acceptors (Lipinski definition) is 3. The predicted molar refractivity (Wildman–Crippen MR) is 69.8 cm³/mol. The molecule has 3 rings (SSSR count). The maximum atomic E-state index is 11.8. The van der Waals surface area contributed by atoms with E-state index in [-0.39, 0.29) is 12.0 Å². The summed E-state index contributed by atoms with van der Waals surface area (Å²) in [4.78, 5) is 11.8. The van der Waals surface area contributed by atoms with Crippen molar-refractivity contribution >= 4 is 5.91 Å². The lowest BCUT2D eigenvalue weighted by Gasteiger charge is -2.25. The number of hydrogen-bond donors (Lipinski definition) is 1. The minimum atomic E-state index is -0.129. The molecule has 1 aromatic carbocycles. The molecule has 0 fully saturated rings. The van der Waals surface area contributed by atoms with Crippen LogP contribution in [0.15, 0.2) is 47.3 Å². The van der Waals surface area contributed by atoms with E-state index in [2.05, 4.69) is 17.4 Å². The molecule has 98 valence electrons. The number of fused-ring (bicyclic) bond motifs is 1. The van der Waals surface area contributed by atoms with Crippen LogP contribution < -0.4 is 5.32 Å². The van der Waals surface area contributed by atoms with Crippen LogP contribution in [0.4, 0.5) is 0 Å². The number of benzene rings is 1. The third-order valence-corrected chi connectivity index (χ3v) is 3.31. The molecule has 1 atom stereocenters. The van der Waals surface area contributed by atoms with E-state index in [1.165, 1.54) is 23.7 Å². The summed E-state index contributed by atoms with van der Waals surface area (Å²) in [7, 11) is 0. The molecule has 2 aromatic rings. The Bertz CT molecular complexity index is 563. The summed E-state index contributed by atoms with van der Waals surface area (Å²) < 4.78 is 10.6. The number of ether oxygens (including phenoxy) is 1. The van der Waals surface area contributed by atoms with Crippen LogP contribution in [0.5, 0.6) is 0 Å². The van der Waals surface area contributed by atoms with Crippen molar-refractivity contribution in [2.24, 2.45) is 0 Å². The molecule has 1 amide bonds. The van der Waals surface area contributed by atoms with Crippen LogP contribution in [0.25, 0.3) is 0 Å². The van der Waals surface area contributed by atoms with E-state index in [1.807, 2.05) is 12.1 Å². The maximum Gasteiger partial charge on any atom is 0.254 e.